The molecular formula is C8H16N2O2. The number of carbonyl (C=O) groups excluding carboxylic acids is 2. The van der Waals surface area contributed by atoms with E-state index in [9.17, 15) is 9.59 Å². The van der Waals surface area contributed by atoms with Crippen molar-refractivity contribution in [1.82, 2.24) is 10.4 Å². The molecule has 0 fully saturated rings. The van der Waals surface area contributed by atoms with E-state index in [1.54, 1.807) is 11.9 Å². The molecule has 0 atom stereocenters. The highest BCUT2D eigenvalue weighted by Crippen LogP contribution is 1.94. The molecule has 0 aromatic carbocycles. The van der Waals surface area contributed by atoms with Crippen molar-refractivity contribution in [3.05, 3.63) is 0 Å². The second kappa shape index (κ2) is 5.71. The molecule has 4 nitrogen and oxygen atoms in total. The fourth-order valence-corrected chi connectivity index (χ4v) is 0.817. The van der Waals surface area contributed by atoms with Gasteiger partial charge in [0.15, 0.2) is 0 Å². The Hall–Kier alpha value is -0.900. The standard InChI is InChI=1S/C8H16N2O2/c1-7(2)10(9-6-11)5-4-8(3)12/h6-7H,4-5H2,1-3H3,(H,9,11). The van der Waals surface area contributed by atoms with Crippen molar-refractivity contribution in [2.45, 2.75) is 33.2 Å². The summed E-state index contributed by atoms with van der Waals surface area (Å²) in [6.07, 6.45) is 1.10. The van der Waals surface area contributed by atoms with Crippen molar-refractivity contribution >= 4 is 12.2 Å². The summed E-state index contributed by atoms with van der Waals surface area (Å²) >= 11 is 0. The molecule has 1 N–H and O–H groups in total. The summed E-state index contributed by atoms with van der Waals surface area (Å²) in [7, 11) is 0. The quantitative estimate of drug-likeness (QED) is 0.464. The number of carbonyl (C=O) groups is 2. The number of nitrogens with one attached hydrogen (secondary N) is 1. The van der Waals surface area contributed by atoms with E-state index >= 15 is 0 Å². The Morgan fingerprint density at radius 3 is 2.50 bits per heavy atom. The number of nitrogens with zero attached hydrogens (tertiary/aromatic N) is 1. The molecule has 0 aliphatic heterocycles. The van der Waals surface area contributed by atoms with Gasteiger partial charge in [0.25, 0.3) is 0 Å². The van der Waals surface area contributed by atoms with Crippen molar-refractivity contribution in [3.8, 4) is 0 Å². The van der Waals surface area contributed by atoms with Gasteiger partial charge in [-0.15, -0.1) is 0 Å². The first kappa shape index (κ1) is 11.1. The molecule has 4 heteroatoms. The number of amides is 1. The van der Waals surface area contributed by atoms with Gasteiger partial charge in [0, 0.05) is 19.0 Å². The van der Waals surface area contributed by atoms with Gasteiger partial charge in [-0.1, -0.05) is 0 Å². The average Bonchev–Trinajstić information content (AvgIpc) is 1.96. The van der Waals surface area contributed by atoms with Crippen LogP contribution in [0, 0.1) is 0 Å². The van der Waals surface area contributed by atoms with Crippen LogP contribution in [0.5, 0.6) is 0 Å². The van der Waals surface area contributed by atoms with E-state index in [2.05, 4.69) is 5.43 Å². The molecular weight excluding hydrogens is 156 g/mol. The maximum absolute atomic E-state index is 10.6. The van der Waals surface area contributed by atoms with E-state index in [0.717, 1.165) is 0 Å². The summed E-state index contributed by atoms with van der Waals surface area (Å²) in [5, 5.41) is 1.73. The number of hydrogen-bond acceptors (Lipinski definition) is 3. The Morgan fingerprint density at radius 1 is 1.58 bits per heavy atom. The normalized spacial score (nSPS) is 10.4. The lowest BCUT2D eigenvalue weighted by Crippen LogP contribution is -2.43. The van der Waals surface area contributed by atoms with Crippen LogP contribution in [-0.4, -0.2) is 29.8 Å². The fourth-order valence-electron chi connectivity index (χ4n) is 0.817. The van der Waals surface area contributed by atoms with Gasteiger partial charge in [-0.3, -0.25) is 15.0 Å². The molecule has 1 amide bonds. The van der Waals surface area contributed by atoms with Gasteiger partial charge in [0.05, 0.1) is 0 Å². The van der Waals surface area contributed by atoms with Gasteiger partial charge < -0.3 is 0 Å². The van der Waals surface area contributed by atoms with E-state index in [1.807, 2.05) is 13.8 Å². The first-order chi connectivity index (χ1) is 5.57. The number of hydrogen-bond donors (Lipinski definition) is 1. The van der Waals surface area contributed by atoms with Gasteiger partial charge in [0.2, 0.25) is 6.41 Å². The summed E-state index contributed by atoms with van der Waals surface area (Å²) in [5.74, 6) is 0.133. The number of Topliss-reactive ketones (excluding diaryl/α,β-unsaturated/α-hetero) is 1. The minimum absolute atomic E-state index is 0.133. The third-order valence-electron chi connectivity index (χ3n) is 1.55. The number of ketones is 1. The van der Waals surface area contributed by atoms with Crippen LogP contribution in [0.3, 0.4) is 0 Å². The highest BCUT2D eigenvalue weighted by atomic mass is 16.1. The third-order valence-corrected chi connectivity index (χ3v) is 1.55. The van der Waals surface area contributed by atoms with Gasteiger partial charge in [-0.05, 0) is 20.8 Å². The predicted molar refractivity (Wildman–Crippen MR) is 46.3 cm³/mol. The lowest BCUT2D eigenvalue weighted by Gasteiger charge is -2.24. The fraction of sp³-hybridized carbons (Fsp3) is 0.750. The van der Waals surface area contributed by atoms with Gasteiger partial charge in [-0.2, -0.15) is 0 Å². The Labute approximate surface area is 72.9 Å². The summed E-state index contributed by atoms with van der Waals surface area (Å²) in [6, 6.07) is 0.217. The highest BCUT2D eigenvalue weighted by Gasteiger charge is 2.07. The molecule has 0 aliphatic rings. The van der Waals surface area contributed by atoms with Gasteiger partial charge in [-0.25, -0.2) is 5.01 Å². The first-order valence-electron chi connectivity index (χ1n) is 4.03. The minimum Gasteiger partial charge on any atom is -0.300 e. The maximum Gasteiger partial charge on any atom is 0.221 e. The summed E-state index contributed by atoms with van der Waals surface area (Å²) in [6.45, 7) is 6.03. The van der Waals surface area contributed by atoms with Gasteiger partial charge in [0.1, 0.15) is 5.78 Å². The van der Waals surface area contributed by atoms with Crippen molar-refractivity contribution in [3.63, 3.8) is 0 Å². The van der Waals surface area contributed by atoms with E-state index in [4.69, 9.17) is 0 Å². The Balaban J connectivity index is 3.78. The molecule has 0 bridgehead atoms. The van der Waals surface area contributed by atoms with Crippen LogP contribution >= 0.6 is 0 Å². The average molecular weight is 172 g/mol. The van der Waals surface area contributed by atoms with Crippen LogP contribution < -0.4 is 5.43 Å². The molecule has 0 rings (SSSR count). The highest BCUT2D eigenvalue weighted by molar-refractivity contribution is 5.75. The molecule has 70 valence electrons. The van der Waals surface area contributed by atoms with Crippen molar-refractivity contribution in [2.24, 2.45) is 0 Å². The summed E-state index contributed by atoms with van der Waals surface area (Å²) in [5.41, 5.74) is 2.54. The van der Waals surface area contributed by atoms with E-state index < -0.39 is 0 Å². The molecule has 0 aromatic heterocycles. The van der Waals surface area contributed by atoms with Crippen molar-refractivity contribution in [2.75, 3.05) is 6.54 Å². The number of hydrazine groups is 1. The maximum atomic E-state index is 10.6. The molecule has 0 saturated carbocycles. The van der Waals surface area contributed by atoms with E-state index in [0.29, 0.717) is 19.4 Å². The SMILES string of the molecule is CC(=O)CCN(NC=O)C(C)C. The van der Waals surface area contributed by atoms with Crippen molar-refractivity contribution < 1.29 is 9.59 Å². The predicted octanol–water partition coefficient (Wildman–Crippen LogP) is 0.337. The van der Waals surface area contributed by atoms with Crippen LogP contribution in [0.1, 0.15) is 27.2 Å². The summed E-state index contributed by atoms with van der Waals surface area (Å²) in [4.78, 5) is 20.8. The number of rotatable bonds is 6. The van der Waals surface area contributed by atoms with Gasteiger partial charge >= 0.3 is 0 Å². The van der Waals surface area contributed by atoms with Crippen molar-refractivity contribution in [1.29, 1.82) is 0 Å². The first-order valence-corrected chi connectivity index (χ1v) is 4.03. The molecule has 0 unspecified atom stereocenters. The summed E-state index contributed by atoms with van der Waals surface area (Å²) < 4.78 is 0. The van der Waals surface area contributed by atoms with E-state index in [1.165, 1.54) is 0 Å². The molecule has 0 aromatic rings. The zero-order chi connectivity index (χ0) is 9.56. The molecule has 0 aliphatic carbocycles. The Bertz CT molecular complexity index is 157. The smallest absolute Gasteiger partial charge is 0.221 e. The third kappa shape index (κ3) is 4.85. The van der Waals surface area contributed by atoms with Crippen LogP contribution in [0.15, 0.2) is 0 Å². The topological polar surface area (TPSA) is 49.4 Å². The monoisotopic (exact) mass is 172 g/mol. The van der Waals surface area contributed by atoms with Crippen LogP contribution in [-0.2, 0) is 9.59 Å². The lowest BCUT2D eigenvalue weighted by atomic mass is 10.3. The zero-order valence-electron chi connectivity index (χ0n) is 7.83. The Morgan fingerprint density at radius 2 is 2.17 bits per heavy atom. The van der Waals surface area contributed by atoms with Crippen LogP contribution in [0.25, 0.3) is 0 Å². The molecule has 0 spiro atoms. The van der Waals surface area contributed by atoms with Crippen LogP contribution in [0.2, 0.25) is 0 Å². The largest absolute Gasteiger partial charge is 0.300 e. The minimum atomic E-state index is 0.133. The zero-order valence-corrected chi connectivity index (χ0v) is 7.83. The lowest BCUT2D eigenvalue weighted by molar-refractivity contribution is -0.119. The molecule has 12 heavy (non-hydrogen) atoms. The van der Waals surface area contributed by atoms with Crippen LogP contribution in [0.4, 0.5) is 0 Å². The molecule has 0 saturated heterocycles. The second-order valence-corrected chi connectivity index (χ2v) is 2.99. The second-order valence-electron chi connectivity index (χ2n) is 2.99. The molecule has 0 radical (unpaired) electrons. The van der Waals surface area contributed by atoms with E-state index in [-0.39, 0.29) is 11.8 Å². The molecule has 0 heterocycles. The Kier molecular flexibility index (Phi) is 5.28.